The third-order valence-corrected chi connectivity index (χ3v) is 6.35. The first-order valence-corrected chi connectivity index (χ1v) is 13.2. The van der Waals surface area contributed by atoms with Crippen molar-refractivity contribution in [1.82, 2.24) is 15.3 Å². The predicted octanol–water partition coefficient (Wildman–Crippen LogP) is 2.87. The zero-order chi connectivity index (χ0) is 28.1. The lowest BCUT2D eigenvalue weighted by molar-refractivity contribution is -0.141. The third kappa shape index (κ3) is 7.80. The summed E-state index contributed by atoms with van der Waals surface area (Å²) in [5, 5.41) is 27.3. The zero-order valence-electron chi connectivity index (χ0n) is 19.2. The number of amides is 1. The second-order valence-electron chi connectivity index (χ2n) is 7.50. The molecule has 3 rings (SSSR count). The molecule has 16 nitrogen and oxygen atoms in total. The lowest BCUT2D eigenvalue weighted by Crippen LogP contribution is -2.41. The van der Waals surface area contributed by atoms with Crippen molar-refractivity contribution in [2.24, 2.45) is 20.5 Å². The summed E-state index contributed by atoms with van der Waals surface area (Å²) in [5.41, 5.74) is 0.476. The van der Waals surface area contributed by atoms with Gasteiger partial charge < -0.3 is 15.4 Å². The highest BCUT2D eigenvalue weighted by atomic mass is 32.2. The van der Waals surface area contributed by atoms with Crippen molar-refractivity contribution in [2.75, 3.05) is 0 Å². The number of nitrogens with zero attached hydrogens (tertiary/aromatic N) is 5. The van der Waals surface area contributed by atoms with E-state index in [4.69, 9.17) is 9.11 Å². The molecule has 5 N–H and O–H groups in total. The number of carbonyl (C=O) groups is 2. The first kappa shape index (κ1) is 28.2. The maximum absolute atomic E-state index is 11.6. The number of benzene rings is 2. The van der Waals surface area contributed by atoms with Crippen LogP contribution in [0.3, 0.4) is 0 Å². The minimum absolute atomic E-state index is 0.111. The number of aromatic amines is 1. The summed E-state index contributed by atoms with van der Waals surface area (Å²) in [4.78, 5) is 29.1. The predicted molar refractivity (Wildman–Crippen MR) is 128 cm³/mol. The van der Waals surface area contributed by atoms with Crippen molar-refractivity contribution in [3.8, 4) is 0 Å². The van der Waals surface area contributed by atoms with Crippen LogP contribution >= 0.6 is 0 Å². The van der Waals surface area contributed by atoms with E-state index in [0.29, 0.717) is 0 Å². The van der Waals surface area contributed by atoms with Gasteiger partial charge in [-0.1, -0.05) is 0 Å². The van der Waals surface area contributed by atoms with Gasteiger partial charge >= 0.3 is 5.97 Å². The van der Waals surface area contributed by atoms with Gasteiger partial charge in [-0.25, -0.2) is 4.79 Å². The monoisotopic (exact) mass is 565 g/mol. The number of hydrogen-bond donors (Lipinski definition) is 5. The van der Waals surface area contributed by atoms with E-state index in [1.54, 1.807) is 0 Å². The Labute approximate surface area is 215 Å². The summed E-state index contributed by atoms with van der Waals surface area (Å²) in [6.07, 6.45) is -0.295. The molecule has 1 aromatic heterocycles. The van der Waals surface area contributed by atoms with Crippen LogP contribution in [0, 0.1) is 0 Å². The van der Waals surface area contributed by atoms with Crippen molar-refractivity contribution >= 4 is 55.3 Å². The summed E-state index contributed by atoms with van der Waals surface area (Å²) in [7, 11) is -8.79. The highest BCUT2D eigenvalue weighted by molar-refractivity contribution is 7.86. The Morgan fingerprint density at radius 1 is 0.868 bits per heavy atom. The number of aromatic nitrogens is 2. The van der Waals surface area contributed by atoms with E-state index in [1.807, 2.05) is 0 Å². The van der Waals surface area contributed by atoms with Crippen molar-refractivity contribution in [1.29, 1.82) is 0 Å². The number of carbonyl (C=O) groups excluding carboxylic acids is 1. The molecule has 200 valence electrons. The van der Waals surface area contributed by atoms with Gasteiger partial charge in [0.2, 0.25) is 11.9 Å². The van der Waals surface area contributed by atoms with Gasteiger partial charge in [0, 0.05) is 13.3 Å². The smallest absolute Gasteiger partial charge is 0.326 e. The van der Waals surface area contributed by atoms with Gasteiger partial charge in [-0.15, -0.1) is 20.5 Å². The fourth-order valence-corrected chi connectivity index (χ4v) is 3.85. The fourth-order valence-electron chi connectivity index (χ4n) is 2.89. The SMILES string of the molecule is CC(=O)N[C@@H](Cc1[nH]c(N=Nc2ccc(S(=O)(=O)O)cc2)nc1N=Nc1ccc(S(=O)(=O)O)cc1)C(=O)O. The molecule has 0 aliphatic heterocycles. The van der Waals surface area contributed by atoms with E-state index in [0.717, 1.165) is 31.2 Å². The lowest BCUT2D eigenvalue weighted by Gasteiger charge is -2.11. The molecule has 3 aromatic rings. The fraction of sp³-hybridized carbons (Fsp3) is 0.150. The summed E-state index contributed by atoms with van der Waals surface area (Å²) >= 11 is 0. The summed E-state index contributed by atoms with van der Waals surface area (Å²) < 4.78 is 62.8. The first-order valence-electron chi connectivity index (χ1n) is 10.3. The zero-order valence-corrected chi connectivity index (χ0v) is 20.9. The molecule has 0 spiro atoms. The number of nitrogens with one attached hydrogen (secondary N) is 2. The molecule has 1 amide bonds. The van der Waals surface area contributed by atoms with Crippen molar-refractivity contribution < 1.29 is 40.6 Å². The van der Waals surface area contributed by atoms with Crippen LogP contribution in [0.15, 0.2) is 78.8 Å². The van der Waals surface area contributed by atoms with Gasteiger partial charge in [0.05, 0.1) is 26.9 Å². The van der Waals surface area contributed by atoms with Crippen LogP contribution in [-0.4, -0.2) is 58.9 Å². The van der Waals surface area contributed by atoms with Gasteiger partial charge in [-0.3, -0.25) is 13.9 Å². The van der Waals surface area contributed by atoms with E-state index < -0.39 is 38.2 Å². The molecule has 0 unspecified atom stereocenters. The number of rotatable bonds is 10. The van der Waals surface area contributed by atoms with Crippen LogP contribution in [0.2, 0.25) is 0 Å². The van der Waals surface area contributed by atoms with Crippen molar-refractivity contribution in [3.05, 3.63) is 54.2 Å². The summed E-state index contributed by atoms with van der Waals surface area (Å²) in [5.74, 6) is -2.18. The molecule has 0 radical (unpaired) electrons. The number of H-pyrrole nitrogens is 1. The number of carboxylic acid groups (broad SMARTS) is 1. The largest absolute Gasteiger partial charge is 0.480 e. The Bertz CT molecular complexity index is 1610. The van der Waals surface area contributed by atoms with E-state index in [1.165, 1.54) is 24.3 Å². The van der Waals surface area contributed by atoms with Crippen LogP contribution < -0.4 is 5.32 Å². The average Bonchev–Trinajstić information content (AvgIpc) is 3.21. The molecule has 0 saturated carbocycles. The van der Waals surface area contributed by atoms with Crippen LogP contribution in [0.1, 0.15) is 12.6 Å². The molecule has 1 atom stereocenters. The second-order valence-corrected chi connectivity index (χ2v) is 10.3. The molecule has 38 heavy (non-hydrogen) atoms. The maximum Gasteiger partial charge on any atom is 0.326 e. The van der Waals surface area contributed by atoms with E-state index in [2.05, 4.69) is 35.7 Å². The Hall–Kier alpha value is -4.39. The van der Waals surface area contributed by atoms with Crippen molar-refractivity contribution in [3.63, 3.8) is 0 Å². The first-order chi connectivity index (χ1) is 17.7. The Morgan fingerprint density at radius 2 is 1.34 bits per heavy atom. The average molecular weight is 566 g/mol. The van der Waals surface area contributed by atoms with E-state index in [-0.39, 0.29) is 45.0 Å². The minimum Gasteiger partial charge on any atom is -0.480 e. The topological polar surface area (TPSA) is 253 Å². The normalized spacial score (nSPS) is 13.1. The number of imidazole rings is 1. The summed E-state index contributed by atoms with van der Waals surface area (Å²) in [6, 6.07) is 8.10. The van der Waals surface area contributed by atoms with E-state index in [9.17, 15) is 31.5 Å². The molecule has 0 bridgehead atoms. The Balaban J connectivity index is 1.92. The van der Waals surface area contributed by atoms with Gasteiger partial charge in [0.15, 0.2) is 5.82 Å². The molecule has 0 saturated heterocycles. The van der Waals surface area contributed by atoms with Gasteiger partial charge in [0.25, 0.3) is 20.2 Å². The molecule has 0 fully saturated rings. The molecular weight excluding hydrogens is 546 g/mol. The maximum atomic E-state index is 11.6. The quantitative estimate of drug-likeness (QED) is 0.177. The Morgan fingerprint density at radius 3 is 1.76 bits per heavy atom. The number of azo groups is 2. The van der Waals surface area contributed by atoms with Crippen LogP contribution in [0.4, 0.5) is 23.1 Å². The molecule has 2 aromatic carbocycles. The standard InChI is InChI=1S/C20H19N7O9S2/c1-11(28)21-17(19(29)30)10-16-18(26-24-12-2-6-14(7-3-12)37(31,32)33)23-20(22-16)27-25-13-4-8-15(9-5-13)38(34,35)36/h2-9,17H,10H2,1H3,(H,21,28)(H,22,23)(H,29,30)(H,31,32,33)(H,34,35,36)/t17-/m0/s1. The van der Waals surface area contributed by atoms with Gasteiger partial charge in [0.1, 0.15) is 6.04 Å². The molecule has 0 aliphatic carbocycles. The minimum atomic E-state index is -4.41. The molecule has 0 aliphatic rings. The highest BCUT2D eigenvalue weighted by Crippen LogP contribution is 2.27. The lowest BCUT2D eigenvalue weighted by atomic mass is 10.1. The third-order valence-electron chi connectivity index (χ3n) is 4.62. The second kappa shape index (κ2) is 11.3. The van der Waals surface area contributed by atoms with Crippen molar-refractivity contribution in [2.45, 2.75) is 29.2 Å². The van der Waals surface area contributed by atoms with E-state index >= 15 is 0 Å². The highest BCUT2D eigenvalue weighted by Gasteiger charge is 2.23. The van der Waals surface area contributed by atoms with Gasteiger partial charge in [-0.2, -0.15) is 21.8 Å². The number of carboxylic acids is 1. The molecular formula is C20H19N7O9S2. The van der Waals surface area contributed by atoms with Crippen LogP contribution in [0.25, 0.3) is 0 Å². The Kier molecular flexibility index (Phi) is 8.41. The molecule has 18 heteroatoms. The number of hydrogen-bond acceptors (Lipinski definition) is 11. The van der Waals surface area contributed by atoms with Crippen LogP contribution in [0.5, 0.6) is 0 Å². The summed E-state index contributed by atoms with van der Waals surface area (Å²) in [6.45, 7) is 1.15. The number of aliphatic carboxylic acids is 1. The van der Waals surface area contributed by atoms with Gasteiger partial charge in [-0.05, 0) is 48.5 Å². The van der Waals surface area contributed by atoms with Crippen LogP contribution in [-0.2, 0) is 36.2 Å². The molecule has 1 heterocycles.